The highest BCUT2D eigenvalue weighted by Crippen LogP contribution is 2.32. The van der Waals surface area contributed by atoms with Gasteiger partial charge < -0.3 is 14.7 Å². The Morgan fingerprint density at radius 3 is 2.48 bits per heavy atom. The quantitative estimate of drug-likeness (QED) is 0.713. The molecule has 1 aromatic heterocycles. The first-order chi connectivity index (χ1) is 14.8. The first kappa shape index (κ1) is 21.7. The summed E-state index contributed by atoms with van der Waals surface area (Å²) >= 11 is 1.53. The van der Waals surface area contributed by atoms with Crippen LogP contribution in [0.25, 0.3) is 0 Å². The highest BCUT2D eigenvalue weighted by molar-refractivity contribution is 7.10. The monoisotopic (exact) mass is 451 g/mol. The van der Waals surface area contributed by atoms with Crippen molar-refractivity contribution in [3.63, 3.8) is 0 Å². The molecule has 1 atom stereocenters. The van der Waals surface area contributed by atoms with Crippen LogP contribution in [-0.4, -0.2) is 60.4 Å². The predicted octanol–water partition coefficient (Wildman–Crippen LogP) is 3.65. The molecule has 166 valence electrons. The van der Waals surface area contributed by atoms with Crippen molar-refractivity contribution in [3.8, 4) is 0 Å². The van der Waals surface area contributed by atoms with Gasteiger partial charge in [-0.1, -0.05) is 12.1 Å². The van der Waals surface area contributed by atoms with Crippen LogP contribution in [-0.2, 0) is 22.2 Å². The van der Waals surface area contributed by atoms with Gasteiger partial charge in [0, 0.05) is 43.3 Å². The molecule has 0 radical (unpaired) electrons. The lowest BCUT2D eigenvalue weighted by molar-refractivity contribution is -0.143. The summed E-state index contributed by atoms with van der Waals surface area (Å²) in [6, 6.07) is 8.67. The number of alkyl halides is 3. The zero-order valence-electron chi connectivity index (χ0n) is 17.0. The zero-order valence-corrected chi connectivity index (χ0v) is 17.8. The largest absolute Gasteiger partial charge is 0.416 e. The second-order valence-corrected chi connectivity index (χ2v) is 8.89. The molecule has 2 amide bonds. The van der Waals surface area contributed by atoms with Gasteiger partial charge in [0.15, 0.2) is 0 Å². The first-order valence-electron chi connectivity index (χ1n) is 10.4. The van der Waals surface area contributed by atoms with Crippen LogP contribution in [0.2, 0.25) is 0 Å². The van der Waals surface area contributed by atoms with Gasteiger partial charge in [0.2, 0.25) is 11.8 Å². The number of hydrogen-bond donors (Lipinski definition) is 0. The molecular formula is C22H24F3N3O2S. The van der Waals surface area contributed by atoms with Gasteiger partial charge in [0.1, 0.15) is 6.04 Å². The number of halogens is 3. The fraction of sp³-hybridized carbons (Fsp3) is 0.455. The number of piperazine rings is 1. The maximum atomic E-state index is 13.1. The summed E-state index contributed by atoms with van der Waals surface area (Å²) in [6.07, 6.45) is -2.61. The highest BCUT2D eigenvalue weighted by Gasteiger charge is 2.37. The Morgan fingerprint density at radius 2 is 1.81 bits per heavy atom. The van der Waals surface area contributed by atoms with Crippen molar-refractivity contribution in [1.29, 1.82) is 0 Å². The molecule has 2 fully saturated rings. The average molecular weight is 452 g/mol. The summed E-state index contributed by atoms with van der Waals surface area (Å²) in [5.41, 5.74) is -0.162. The van der Waals surface area contributed by atoms with Crippen LogP contribution in [0, 0.1) is 0 Å². The number of carbonyl (C=O) groups excluding carboxylic acids is 2. The smallest absolute Gasteiger partial charge is 0.368 e. The molecular weight excluding hydrogens is 427 g/mol. The predicted molar refractivity (Wildman–Crippen MR) is 113 cm³/mol. The van der Waals surface area contributed by atoms with Crippen LogP contribution in [0.4, 0.5) is 18.9 Å². The van der Waals surface area contributed by atoms with E-state index in [-0.39, 0.29) is 11.8 Å². The molecule has 1 unspecified atom stereocenters. The Labute approximate surface area is 183 Å². The number of carbonyl (C=O) groups is 2. The molecule has 2 aliphatic rings. The molecule has 31 heavy (non-hydrogen) atoms. The van der Waals surface area contributed by atoms with Gasteiger partial charge >= 0.3 is 6.18 Å². The van der Waals surface area contributed by atoms with Crippen molar-refractivity contribution in [2.24, 2.45) is 0 Å². The highest BCUT2D eigenvalue weighted by atomic mass is 32.1. The van der Waals surface area contributed by atoms with Crippen molar-refractivity contribution < 1.29 is 22.8 Å². The van der Waals surface area contributed by atoms with E-state index < -0.39 is 17.8 Å². The van der Waals surface area contributed by atoms with E-state index in [4.69, 9.17) is 0 Å². The van der Waals surface area contributed by atoms with Crippen LogP contribution in [0.3, 0.4) is 0 Å². The maximum Gasteiger partial charge on any atom is 0.416 e. The Hall–Kier alpha value is -2.55. The molecule has 0 saturated carbocycles. The minimum absolute atomic E-state index is 0.0269. The molecule has 4 rings (SSSR count). The standard InChI is InChI=1S/C22H24F3N3O2S/c23-22(24,25)16-4-1-5-17(14-16)26-9-11-27(12-10-26)21(30)19-7-2-8-28(19)20(29)15-18-6-3-13-31-18/h1,3-6,13-14,19H,2,7-12,15H2. The van der Waals surface area contributed by atoms with Crippen molar-refractivity contribution in [2.75, 3.05) is 37.6 Å². The summed E-state index contributed by atoms with van der Waals surface area (Å²) in [4.78, 5) is 32.1. The normalized spacial score (nSPS) is 19.7. The summed E-state index contributed by atoms with van der Waals surface area (Å²) in [7, 11) is 0. The molecule has 2 aliphatic heterocycles. The summed E-state index contributed by atoms with van der Waals surface area (Å²) in [5.74, 6) is -0.0818. The minimum atomic E-state index is -4.38. The number of nitrogens with zero attached hydrogens (tertiary/aromatic N) is 3. The fourth-order valence-corrected chi connectivity index (χ4v) is 4.96. The Kier molecular flexibility index (Phi) is 6.22. The van der Waals surface area contributed by atoms with E-state index >= 15 is 0 Å². The first-order valence-corrected chi connectivity index (χ1v) is 11.2. The minimum Gasteiger partial charge on any atom is -0.368 e. The van der Waals surface area contributed by atoms with Gasteiger partial charge in [-0.05, 0) is 42.5 Å². The Morgan fingerprint density at radius 1 is 1.03 bits per heavy atom. The van der Waals surface area contributed by atoms with Crippen LogP contribution in [0.15, 0.2) is 41.8 Å². The topological polar surface area (TPSA) is 43.9 Å². The van der Waals surface area contributed by atoms with E-state index in [2.05, 4.69) is 0 Å². The maximum absolute atomic E-state index is 13.1. The van der Waals surface area contributed by atoms with Crippen molar-refractivity contribution in [3.05, 3.63) is 52.2 Å². The number of anilines is 1. The number of benzene rings is 1. The number of thiophene rings is 1. The number of likely N-dealkylation sites (tertiary alicyclic amines) is 1. The molecule has 0 bridgehead atoms. The van der Waals surface area contributed by atoms with Crippen LogP contribution < -0.4 is 4.90 Å². The summed E-state index contributed by atoms with van der Waals surface area (Å²) < 4.78 is 39.0. The number of hydrogen-bond acceptors (Lipinski definition) is 4. The van der Waals surface area contributed by atoms with E-state index in [0.29, 0.717) is 51.3 Å². The fourth-order valence-electron chi connectivity index (χ4n) is 4.26. The van der Waals surface area contributed by atoms with Gasteiger partial charge in [0.05, 0.1) is 12.0 Å². The molecule has 2 saturated heterocycles. The second-order valence-electron chi connectivity index (χ2n) is 7.86. The lowest BCUT2D eigenvalue weighted by atomic mass is 10.1. The van der Waals surface area contributed by atoms with Crippen molar-refractivity contribution in [1.82, 2.24) is 9.80 Å². The molecule has 5 nitrogen and oxygen atoms in total. The second kappa shape index (κ2) is 8.90. The van der Waals surface area contributed by atoms with Crippen LogP contribution in [0.1, 0.15) is 23.3 Å². The number of rotatable bonds is 4. The number of amides is 2. The van der Waals surface area contributed by atoms with Crippen molar-refractivity contribution >= 4 is 28.8 Å². The molecule has 0 aliphatic carbocycles. The zero-order chi connectivity index (χ0) is 22.0. The summed E-state index contributed by atoms with van der Waals surface area (Å²) in [6.45, 7) is 2.37. The average Bonchev–Trinajstić information content (AvgIpc) is 3.45. The van der Waals surface area contributed by atoms with Gasteiger partial charge in [-0.15, -0.1) is 11.3 Å². The third kappa shape index (κ3) is 4.87. The van der Waals surface area contributed by atoms with Gasteiger partial charge in [-0.25, -0.2) is 0 Å². The van der Waals surface area contributed by atoms with E-state index in [1.165, 1.54) is 17.4 Å². The molecule has 2 aromatic rings. The van der Waals surface area contributed by atoms with Crippen LogP contribution in [0.5, 0.6) is 0 Å². The van der Waals surface area contributed by atoms with E-state index in [1.807, 2.05) is 22.4 Å². The molecule has 0 N–H and O–H groups in total. The Balaban J connectivity index is 1.36. The van der Waals surface area contributed by atoms with Gasteiger partial charge in [0.25, 0.3) is 0 Å². The Bertz CT molecular complexity index is 924. The SMILES string of the molecule is O=C(C1CCCN1C(=O)Cc1cccs1)N1CCN(c2cccc(C(F)(F)F)c2)CC1. The molecule has 3 heterocycles. The lowest BCUT2D eigenvalue weighted by Gasteiger charge is -2.38. The summed E-state index contributed by atoms with van der Waals surface area (Å²) in [5, 5.41) is 1.93. The lowest BCUT2D eigenvalue weighted by Crippen LogP contribution is -2.54. The molecule has 0 spiro atoms. The van der Waals surface area contributed by atoms with Gasteiger partial charge in [-0.3, -0.25) is 9.59 Å². The van der Waals surface area contributed by atoms with Gasteiger partial charge in [-0.2, -0.15) is 13.2 Å². The van der Waals surface area contributed by atoms with E-state index in [0.717, 1.165) is 23.4 Å². The van der Waals surface area contributed by atoms with E-state index in [1.54, 1.807) is 15.9 Å². The van der Waals surface area contributed by atoms with Crippen LogP contribution >= 0.6 is 11.3 Å². The van der Waals surface area contributed by atoms with Crippen molar-refractivity contribution in [2.45, 2.75) is 31.5 Å². The third-order valence-corrected chi connectivity index (χ3v) is 6.77. The molecule has 9 heteroatoms. The van der Waals surface area contributed by atoms with E-state index in [9.17, 15) is 22.8 Å². The third-order valence-electron chi connectivity index (χ3n) is 5.89. The molecule has 1 aromatic carbocycles.